The molecule has 0 spiro atoms. The first-order chi connectivity index (χ1) is 15.0. The average Bonchev–Trinajstić information content (AvgIpc) is 2.78. The number of carbonyl (C=O) groups excluding carboxylic acids is 2. The molecule has 3 aliphatic heterocycles. The highest BCUT2D eigenvalue weighted by Crippen LogP contribution is 2.56. The highest BCUT2D eigenvalue weighted by atomic mass is 16.5. The van der Waals surface area contributed by atoms with E-state index in [1.807, 2.05) is 48.5 Å². The van der Waals surface area contributed by atoms with Gasteiger partial charge in [0, 0.05) is 18.9 Å². The normalized spacial score (nSPS) is 28.9. The van der Waals surface area contributed by atoms with Crippen LogP contribution in [-0.2, 0) is 20.7 Å². The van der Waals surface area contributed by atoms with Gasteiger partial charge in [0.2, 0.25) is 11.8 Å². The number of carbonyl (C=O) groups is 2. The van der Waals surface area contributed by atoms with Crippen molar-refractivity contribution in [2.75, 3.05) is 26.9 Å². The lowest BCUT2D eigenvalue weighted by molar-refractivity contribution is -0.226. The Labute approximate surface area is 181 Å². The summed E-state index contributed by atoms with van der Waals surface area (Å²) in [5.74, 6) is -0.766. The smallest absolute Gasteiger partial charge is 0.238 e. The molecule has 2 fully saturated rings. The molecule has 3 heterocycles. The molecule has 5 rings (SSSR count). The zero-order valence-corrected chi connectivity index (χ0v) is 17.5. The summed E-state index contributed by atoms with van der Waals surface area (Å²) in [4.78, 5) is 27.9. The molecule has 2 saturated heterocycles. The fourth-order valence-corrected chi connectivity index (χ4v) is 5.45. The Morgan fingerprint density at radius 3 is 2.74 bits per heavy atom. The van der Waals surface area contributed by atoms with Crippen LogP contribution in [0.4, 0.5) is 0 Å². The molecule has 0 aromatic heterocycles. The molecule has 0 aliphatic carbocycles. The van der Waals surface area contributed by atoms with E-state index >= 15 is 0 Å². The van der Waals surface area contributed by atoms with E-state index in [9.17, 15) is 9.59 Å². The van der Waals surface area contributed by atoms with Crippen LogP contribution in [0, 0.1) is 11.8 Å². The average molecular weight is 422 g/mol. The summed E-state index contributed by atoms with van der Waals surface area (Å²) in [6.07, 6.45) is 1.19. The summed E-state index contributed by atoms with van der Waals surface area (Å²) in [7, 11) is 1.63. The van der Waals surface area contributed by atoms with Gasteiger partial charge in [-0.1, -0.05) is 30.3 Å². The van der Waals surface area contributed by atoms with Gasteiger partial charge in [0.15, 0.2) is 5.72 Å². The van der Waals surface area contributed by atoms with Crippen molar-refractivity contribution in [1.29, 1.82) is 0 Å². The Bertz CT molecular complexity index is 1010. The predicted molar refractivity (Wildman–Crippen MR) is 113 cm³/mol. The van der Waals surface area contributed by atoms with Crippen molar-refractivity contribution in [2.24, 2.45) is 17.6 Å². The lowest BCUT2D eigenvalue weighted by Gasteiger charge is -2.60. The summed E-state index contributed by atoms with van der Waals surface area (Å²) in [5.41, 5.74) is 6.90. The maximum absolute atomic E-state index is 13.6. The third-order valence-electron chi connectivity index (χ3n) is 6.92. The van der Waals surface area contributed by atoms with E-state index in [1.54, 1.807) is 12.0 Å². The number of primary amides is 1. The van der Waals surface area contributed by atoms with Crippen molar-refractivity contribution >= 4 is 11.8 Å². The minimum absolute atomic E-state index is 0.151. The standard InChI is InChI=1S/C24H26N2O5/c1-29-16-8-6-15(7-9-16)10-12-26-23(28)21(22(25)27)20-17-4-2-3-5-19(17)31-24(26)11-13-30-14-18(20)24/h2-9,18,20-21H,10-14H2,1H3,(H2,25,27). The van der Waals surface area contributed by atoms with Crippen LogP contribution in [-0.4, -0.2) is 49.3 Å². The van der Waals surface area contributed by atoms with Crippen molar-refractivity contribution in [3.8, 4) is 11.5 Å². The lowest BCUT2D eigenvalue weighted by Crippen LogP contribution is -2.73. The number of para-hydroxylation sites is 1. The van der Waals surface area contributed by atoms with Gasteiger partial charge in [-0.3, -0.25) is 9.59 Å². The fourth-order valence-electron chi connectivity index (χ4n) is 5.45. The number of methoxy groups -OCH3 is 1. The molecule has 2 aromatic carbocycles. The molecule has 4 atom stereocenters. The van der Waals surface area contributed by atoms with Crippen molar-refractivity contribution in [3.05, 3.63) is 59.7 Å². The van der Waals surface area contributed by atoms with Gasteiger partial charge in [0.05, 0.1) is 26.2 Å². The van der Waals surface area contributed by atoms with Gasteiger partial charge >= 0.3 is 0 Å². The van der Waals surface area contributed by atoms with Crippen LogP contribution in [0.15, 0.2) is 48.5 Å². The molecule has 2 aromatic rings. The van der Waals surface area contributed by atoms with Crippen LogP contribution in [0.25, 0.3) is 0 Å². The zero-order valence-electron chi connectivity index (χ0n) is 17.5. The summed E-state index contributed by atoms with van der Waals surface area (Å²) >= 11 is 0. The van der Waals surface area contributed by atoms with E-state index in [0.29, 0.717) is 32.6 Å². The van der Waals surface area contributed by atoms with Crippen molar-refractivity contribution in [2.45, 2.75) is 24.5 Å². The van der Waals surface area contributed by atoms with Gasteiger partial charge in [0.1, 0.15) is 17.4 Å². The number of rotatable bonds is 5. The first kappa shape index (κ1) is 19.9. The van der Waals surface area contributed by atoms with Crippen LogP contribution in [0.5, 0.6) is 11.5 Å². The van der Waals surface area contributed by atoms with Gasteiger partial charge in [-0.15, -0.1) is 0 Å². The number of amides is 2. The number of nitrogens with two attached hydrogens (primary N) is 1. The second-order valence-corrected chi connectivity index (χ2v) is 8.41. The van der Waals surface area contributed by atoms with Gasteiger partial charge in [-0.05, 0) is 35.7 Å². The van der Waals surface area contributed by atoms with E-state index < -0.39 is 17.6 Å². The topological polar surface area (TPSA) is 91.1 Å². The molecule has 162 valence electrons. The second-order valence-electron chi connectivity index (χ2n) is 8.41. The molecule has 31 heavy (non-hydrogen) atoms. The van der Waals surface area contributed by atoms with E-state index in [0.717, 1.165) is 22.6 Å². The summed E-state index contributed by atoms with van der Waals surface area (Å²) in [5, 5.41) is 0. The van der Waals surface area contributed by atoms with Gasteiger partial charge in [-0.2, -0.15) is 0 Å². The summed E-state index contributed by atoms with van der Waals surface area (Å²) in [6, 6.07) is 15.4. The number of benzene rings is 2. The summed E-state index contributed by atoms with van der Waals surface area (Å²) in [6.45, 7) is 1.36. The van der Waals surface area contributed by atoms with E-state index in [-0.39, 0.29) is 17.7 Å². The van der Waals surface area contributed by atoms with E-state index in [4.69, 9.17) is 19.9 Å². The molecule has 4 unspecified atom stereocenters. The van der Waals surface area contributed by atoms with Crippen LogP contribution >= 0.6 is 0 Å². The molecular weight excluding hydrogens is 396 g/mol. The number of hydrogen-bond acceptors (Lipinski definition) is 5. The minimum Gasteiger partial charge on any atom is -0.497 e. The third-order valence-corrected chi connectivity index (χ3v) is 6.92. The first-order valence-corrected chi connectivity index (χ1v) is 10.6. The molecule has 7 nitrogen and oxygen atoms in total. The van der Waals surface area contributed by atoms with Gasteiger partial charge in [0.25, 0.3) is 0 Å². The Balaban J connectivity index is 1.54. The zero-order chi connectivity index (χ0) is 21.6. The second kappa shape index (κ2) is 7.57. The third kappa shape index (κ3) is 3.07. The monoisotopic (exact) mass is 422 g/mol. The van der Waals surface area contributed by atoms with Gasteiger partial charge < -0.3 is 24.8 Å². The molecule has 7 heteroatoms. The number of hydrogen-bond donors (Lipinski definition) is 1. The number of piperidine rings is 1. The molecule has 3 aliphatic rings. The van der Waals surface area contributed by atoms with E-state index in [2.05, 4.69) is 0 Å². The Kier molecular flexibility index (Phi) is 4.85. The molecule has 0 saturated carbocycles. The summed E-state index contributed by atoms with van der Waals surface area (Å²) < 4.78 is 17.6. The van der Waals surface area contributed by atoms with Gasteiger partial charge in [-0.25, -0.2) is 0 Å². The molecule has 2 N–H and O–H groups in total. The number of fused-ring (bicyclic) bond motifs is 2. The number of nitrogens with zero attached hydrogens (tertiary/aromatic N) is 1. The Morgan fingerprint density at radius 2 is 2.00 bits per heavy atom. The molecule has 0 radical (unpaired) electrons. The Morgan fingerprint density at radius 1 is 1.23 bits per heavy atom. The fraction of sp³-hybridized carbons (Fsp3) is 0.417. The number of likely N-dealkylation sites (tertiary alicyclic amines) is 1. The molecule has 2 amide bonds. The first-order valence-electron chi connectivity index (χ1n) is 10.6. The quantitative estimate of drug-likeness (QED) is 0.745. The van der Waals surface area contributed by atoms with Crippen LogP contribution in [0.2, 0.25) is 0 Å². The molecular formula is C24H26N2O5. The van der Waals surface area contributed by atoms with E-state index in [1.165, 1.54) is 0 Å². The lowest BCUT2D eigenvalue weighted by atomic mass is 9.64. The maximum atomic E-state index is 13.6. The number of ether oxygens (including phenoxy) is 3. The SMILES string of the molecule is COc1ccc(CCN2C(=O)C(C(N)=O)C3c4ccccc4OC24CCOCC34)cc1. The van der Waals surface area contributed by atoms with Crippen LogP contribution < -0.4 is 15.2 Å². The van der Waals surface area contributed by atoms with Crippen molar-refractivity contribution in [3.63, 3.8) is 0 Å². The van der Waals surface area contributed by atoms with Crippen molar-refractivity contribution < 1.29 is 23.8 Å². The minimum atomic E-state index is -0.930. The maximum Gasteiger partial charge on any atom is 0.238 e. The highest BCUT2D eigenvalue weighted by molar-refractivity contribution is 6.02. The van der Waals surface area contributed by atoms with Crippen LogP contribution in [0.3, 0.4) is 0 Å². The van der Waals surface area contributed by atoms with Crippen LogP contribution in [0.1, 0.15) is 23.5 Å². The predicted octanol–water partition coefficient (Wildman–Crippen LogP) is 2.09. The highest BCUT2D eigenvalue weighted by Gasteiger charge is 2.64. The van der Waals surface area contributed by atoms with Crippen molar-refractivity contribution in [1.82, 2.24) is 4.90 Å². The largest absolute Gasteiger partial charge is 0.497 e. The molecule has 2 bridgehead atoms. The Hall–Kier alpha value is -3.06.